The molecule has 1 heterocycles. The summed E-state index contributed by atoms with van der Waals surface area (Å²) >= 11 is 1.51. The third kappa shape index (κ3) is 4.50. The fourth-order valence-electron chi connectivity index (χ4n) is 2.89. The molecule has 144 valence electrons. The molecule has 1 N–H and O–H groups in total. The van der Waals surface area contributed by atoms with E-state index >= 15 is 0 Å². The van der Waals surface area contributed by atoms with Crippen molar-refractivity contribution in [1.82, 2.24) is 10.3 Å². The van der Waals surface area contributed by atoms with Crippen molar-refractivity contribution in [1.29, 1.82) is 0 Å². The standard InChI is InChI=1S/C23H18N2O3S/c26-21(24-14-16-8-2-1-3-9-16)15-28-23(27)18-11-5-4-10-17(18)22-25-19-12-6-7-13-20(19)29-22/h1-13H,14-15H2,(H,24,26). The summed E-state index contributed by atoms with van der Waals surface area (Å²) in [6.45, 7) is 0.0549. The fourth-order valence-corrected chi connectivity index (χ4v) is 3.90. The lowest BCUT2D eigenvalue weighted by Gasteiger charge is -2.09. The Morgan fingerprint density at radius 1 is 0.897 bits per heavy atom. The summed E-state index contributed by atoms with van der Waals surface area (Å²) < 4.78 is 6.29. The van der Waals surface area contributed by atoms with Crippen LogP contribution in [0.2, 0.25) is 0 Å². The molecule has 1 amide bonds. The third-order valence-corrected chi connectivity index (χ3v) is 5.41. The molecule has 0 unspecified atom stereocenters. The molecule has 0 bridgehead atoms. The van der Waals surface area contributed by atoms with E-state index in [0.717, 1.165) is 20.8 Å². The zero-order chi connectivity index (χ0) is 20.1. The summed E-state index contributed by atoms with van der Waals surface area (Å²) in [7, 11) is 0. The molecule has 0 aliphatic heterocycles. The second-order valence-corrected chi connectivity index (χ2v) is 7.40. The maximum absolute atomic E-state index is 12.6. The molecule has 3 aromatic carbocycles. The first kappa shape index (κ1) is 18.8. The van der Waals surface area contributed by atoms with Gasteiger partial charge in [0.05, 0.1) is 15.8 Å². The molecular formula is C23H18N2O3S. The van der Waals surface area contributed by atoms with Gasteiger partial charge in [-0.2, -0.15) is 0 Å². The topological polar surface area (TPSA) is 68.3 Å². The number of nitrogens with zero attached hydrogens (tertiary/aromatic N) is 1. The minimum absolute atomic E-state index is 0.333. The summed E-state index contributed by atoms with van der Waals surface area (Å²) in [5.41, 5.74) is 2.95. The van der Waals surface area contributed by atoms with Gasteiger partial charge in [-0.25, -0.2) is 9.78 Å². The molecule has 1 aromatic heterocycles. The predicted octanol–water partition coefficient (Wildman–Crippen LogP) is 4.44. The predicted molar refractivity (Wildman–Crippen MR) is 114 cm³/mol. The van der Waals surface area contributed by atoms with Crippen LogP contribution in [0.3, 0.4) is 0 Å². The number of ether oxygens (including phenoxy) is 1. The largest absolute Gasteiger partial charge is 0.452 e. The lowest BCUT2D eigenvalue weighted by atomic mass is 10.1. The Bertz CT molecular complexity index is 1120. The van der Waals surface area contributed by atoms with Crippen LogP contribution in [0.5, 0.6) is 0 Å². The third-order valence-electron chi connectivity index (χ3n) is 4.34. The number of para-hydroxylation sites is 1. The van der Waals surface area contributed by atoms with Gasteiger partial charge in [-0.1, -0.05) is 60.7 Å². The average molecular weight is 402 g/mol. The quantitative estimate of drug-likeness (QED) is 0.484. The lowest BCUT2D eigenvalue weighted by Crippen LogP contribution is -2.28. The van der Waals surface area contributed by atoms with Crippen LogP contribution >= 0.6 is 11.3 Å². The van der Waals surface area contributed by atoms with E-state index in [1.165, 1.54) is 11.3 Å². The van der Waals surface area contributed by atoms with Gasteiger partial charge in [-0.15, -0.1) is 11.3 Å². The van der Waals surface area contributed by atoms with Crippen LogP contribution in [0.1, 0.15) is 15.9 Å². The molecule has 0 saturated heterocycles. The SMILES string of the molecule is O=C(COC(=O)c1ccccc1-c1nc2ccccc2s1)NCc1ccccc1. The fraction of sp³-hybridized carbons (Fsp3) is 0.0870. The molecule has 4 aromatic rings. The Balaban J connectivity index is 1.43. The average Bonchev–Trinajstić information content (AvgIpc) is 3.21. The van der Waals surface area contributed by atoms with E-state index < -0.39 is 5.97 Å². The summed E-state index contributed by atoms with van der Waals surface area (Å²) in [4.78, 5) is 29.2. The van der Waals surface area contributed by atoms with Gasteiger partial charge in [0.2, 0.25) is 0 Å². The van der Waals surface area contributed by atoms with Gasteiger partial charge in [0, 0.05) is 12.1 Å². The van der Waals surface area contributed by atoms with Crippen molar-refractivity contribution in [3.05, 3.63) is 90.0 Å². The summed E-state index contributed by atoms with van der Waals surface area (Å²) in [5.74, 6) is -0.894. The van der Waals surface area contributed by atoms with E-state index in [4.69, 9.17) is 4.74 Å². The summed E-state index contributed by atoms with van der Waals surface area (Å²) in [6.07, 6.45) is 0. The number of rotatable bonds is 6. The molecule has 4 rings (SSSR count). The van der Waals surface area contributed by atoms with E-state index in [2.05, 4.69) is 10.3 Å². The van der Waals surface area contributed by atoms with Gasteiger partial charge in [0.15, 0.2) is 6.61 Å². The van der Waals surface area contributed by atoms with Crippen molar-refractivity contribution in [2.75, 3.05) is 6.61 Å². The van der Waals surface area contributed by atoms with Crippen molar-refractivity contribution in [2.45, 2.75) is 6.54 Å². The van der Waals surface area contributed by atoms with Crippen LogP contribution in [0.15, 0.2) is 78.9 Å². The number of benzene rings is 3. The lowest BCUT2D eigenvalue weighted by molar-refractivity contribution is -0.124. The number of hydrogen-bond acceptors (Lipinski definition) is 5. The Morgan fingerprint density at radius 3 is 2.45 bits per heavy atom. The van der Waals surface area contributed by atoms with Gasteiger partial charge >= 0.3 is 5.97 Å². The van der Waals surface area contributed by atoms with Gasteiger partial charge in [-0.3, -0.25) is 4.79 Å². The van der Waals surface area contributed by atoms with Crippen molar-refractivity contribution >= 4 is 33.4 Å². The summed E-state index contributed by atoms with van der Waals surface area (Å²) in [5, 5.41) is 3.49. The minimum Gasteiger partial charge on any atom is -0.452 e. The second-order valence-electron chi connectivity index (χ2n) is 6.37. The minimum atomic E-state index is -0.547. The van der Waals surface area contributed by atoms with Gasteiger partial charge in [0.25, 0.3) is 5.91 Å². The molecule has 0 aliphatic rings. The Kier molecular flexibility index (Phi) is 5.63. The zero-order valence-electron chi connectivity index (χ0n) is 15.5. The molecule has 5 nitrogen and oxygen atoms in total. The van der Waals surface area contributed by atoms with Crippen LogP contribution in [0.4, 0.5) is 0 Å². The van der Waals surface area contributed by atoms with E-state index in [1.807, 2.05) is 66.7 Å². The smallest absolute Gasteiger partial charge is 0.339 e. The van der Waals surface area contributed by atoms with Gasteiger partial charge in [-0.05, 0) is 23.8 Å². The second kappa shape index (κ2) is 8.67. The van der Waals surface area contributed by atoms with Crippen LogP contribution in [0.25, 0.3) is 20.8 Å². The number of esters is 1. The van der Waals surface area contributed by atoms with Crippen molar-refractivity contribution < 1.29 is 14.3 Å². The van der Waals surface area contributed by atoms with Crippen LogP contribution in [0, 0.1) is 0 Å². The van der Waals surface area contributed by atoms with Crippen LogP contribution in [-0.2, 0) is 16.1 Å². The molecule has 29 heavy (non-hydrogen) atoms. The normalized spacial score (nSPS) is 10.6. The maximum Gasteiger partial charge on any atom is 0.339 e. The first-order chi connectivity index (χ1) is 14.2. The number of hydrogen-bond donors (Lipinski definition) is 1. The number of thiazole rings is 1. The number of carbonyl (C=O) groups is 2. The van der Waals surface area contributed by atoms with Crippen molar-refractivity contribution in [3.8, 4) is 10.6 Å². The Morgan fingerprint density at radius 2 is 1.62 bits per heavy atom. The Labute approximate surface area is 172 Å². The number of nitrogens with one attached hydrogen (secondary N) is 1. The molecule has 0 spiro atoms. The number of aromatic nitrogens is 1. The van der Waals surface area contributed by atoms with E-state index in [-0.39, 0.29) is 12.5 Å². The molecule has 0 fully saturated rings. The molecule has 0 radical (unpaired) electrons. The van der Waals surface area contributed by atoms with E-state index in [0.29, 0.717) is 17.7 Å². The number of amides is 1. The monoisotopic (exact) mass is 402 g/mol. The maximum atomic E-state index is 12.6. The Hall–Kier alpha value is -3.51. The van der Waals surface area contributed by atoms with Crippen LogP contribution in [-0.4, -0.2) is 23.5 Å². The molecule has 0 atom stereocenters. The highest BCUT2D eigenvalue weighted by Gasteiger charge is 2.17. The number of fused-ring (bicyclic) bond motifs is 1. The molecule has 6 heteroatoms. The number of carbonyl (C=O) groups excluding carboxylic acids is 2. The molecular weight excluding hydrogens is 384 g/mol. The highest BCUT2D eigenvalue weighted by molar-refractivity contribution is 7.21. The van der Waals surface area contributed by atoms with E-state index in [9.17, 15) is 9.59 Å². The molecule has 0 aliphatic carbocycles. The van der Waals surface area contributed by atoms with Crippen molar-refractivity contribution in [2.24, 2.45) is 0 Å². The van der Waals surface area contributed by atoms with Crippen LogP contribution < -0.4 is 5.32 Å². The van der Waals surface area contributed by atoms with Crippen molar-refractivity contribution in [3.63, 3.8) is 0 Å². The highest BCUT2D eigenvalue weighted by Crippen LogP contribution is 2.32. The molecule has 0 saturated carbocycles. The first-order valence-corrected chi connectivity index (χ1v) is 9.95. The van der Waals surface area contributed by atoms with E-state index in [1.54, 1.807) is 12.1 Å². The summed E-state index contributed by atoms with van der Waals surface area (Å²) in [6, 6.07) is 24.5. The highest BCUT2D eigenvalue weighted by atomic mass is 32.1. The van der Waals surface area contributed by atoms with Gasteiger partial charge in [0.1, 0.15) is 5.01 Å². The zero-order valence-corrected chi connectivity index (χ0v) is 16.3. The first-order valence-electron chi connectivity index (χ1n) is 9.13. The van der Waals surface area contributed by atoms with Gasteiger partial charge < -0.3 is 10.1 Å².